The van der Waals surface area contributed by atoms with Crippen molar-refractivity contribution in [2.75, 3.05) is 18.4 Å². The quantitative estimate of drug-likeness (QED) is 0.769. The van der Waals surface area contributed by atoms with E-state index < -0.39 is 0 Å². The van der Waals surface area contributed by atoms with Crippen LogP contribution in [-0.4, -0.2) is 28.5 Å². The molecule has 0 saturated heterocycles. The van der Waals surface area contributed by atoms with Crippen molar-refractivity contribution in [2.24, 2.45) is 0 Å². The van der Waals surface area contributed by atoms with Crippen molar-refractivity contribution in [1.82, 2.24) is 14.9 Å². The molecule has 2 N–H and O–H groups in total. The van der Waals surface area contributed by atoms with Gasteiger partial charge in [-0.15, -0.1) is 0 Å². The number of nitrogens with zero attached hydrogens (tertiary/aromatic N) is 2. The topological polar surface area (TPSA) is 76.0 Å². The first kappa shape index (κ1) is 14.8. The molecule has 6 heteroatoms. The number of rotatable bonds is 6. The number of aryl methyl sites for hydroxylation is 1. The molecule has 0 aliphatic heterocycles. The van der Waals surface area contributed by atoms with Gasteiger partial charge in [0.05, 0.1) is 0 Å². The number of nitrogens with one attached hydrogen (secondary N) is 2. The van der Waals surface area contributed by atoms with Gasteiger partial charge in [-0.1, -0.05) is 6.07 Å². The van der Waals surface area contributed by atoms with E-state index in [9.17, 15) is 9.59 Å². The minimum Gasteiger partial charge on any atom is -0.383 e. The number of aromatic nitrogens is 2. The van der Waals surface area contributed by atoms with Crippen LogP contribution in [0.15, 0.2) is 47.7 Å². The van der Waals surface area contributed by atoms with E-state index in [2.05, 4.69) is 15.6 Å². The molecule has 2 aromatic rings. The van der Waals surface area contributed by atoms with Crippen LogP contribution in [0, 0.1) is 6.92 Å². The van der Waals surface area contributed by atoms with Crippen molar-refractivity contribution < 1.29 is 4.79 Å². The number of hydrogen-bond donors (Lipinski definition) is 2. The van der Waals surface area contributed by atoms with Gasteiger partial charge in [0.25, 0.3) is 5.56 Å². The lowest BCUT2D eigenvalue weighted by Gasteiger charge is -2.10. The predicted molar refractivity (Wildman–Crippen MR) is 81.2 cm³/mol. The Bertz CT molecular complexity index is 666. The van der Waals surface area contributed by atoms with E-state index >= 15 is 0 Å². The van der Waals surface area contributed by atoms with Gasteiger partial charge in [-0.05, 0) is 24.6 Å². The lowest BCUT2D eigenvalue weighted by Crippen LogP contribution is -2.34. The third-order valence-corrected chi connectivity index (χ3v) is 3.00. The largest absolute Gasteiger partial charge is 0.383 e. The molecular formula is C15H18N4O2. The fourth-order valence-electron chi connectivity index (χ4n) is 1.87. The van der Waals surface area contributed by atoms with Crippen LogP contribution in [0.2, 0.25) is 0 Å². The van der Waals surface area contributed by atoms with Crippen LogP contribution in [0.3, 0.4) is 0 Å². The molecule has 6 nitrogen and oxygen atoms in total. The first-order chi connectivity index (χ1) is 10.2. The smallest absolute Gasteiger partial charge is 0.250 e. The van der Waals surface area contributed by atoms with Crippen LogP contribution in [0.4, 0.5) is 5.69 Å². The lowest BCUT2D eigenvalue weighted by atomic mass is 10.2. The Morgan fingerprint density at radius 3 is 2.90 bits per heavy atom. The molecule has 110 valence electrons. The second-order valence-electron chi connectivity index (χ2n) is 4.63. The summed E-state index contributed by atoms with van der Waals surface area (Å²) in [5, 5.41) is 5.99. The fourth-order valence-corrected chi connectivity index (χ4v) is 1.87. The highest BCUT2D eigenvalue weighted by molar-refractivity contribution is 5.75. The van der Waals surface area contributed by atoms with E-state index in [-0.39, 0.29) is 18.0 Å². The second-order valence-corrected chi connectivity index (χ2v) is 4.63. The van der Waals surface area contributed by atoms with Gasteiger partial charge < -0.3 is 15.2 Å². The predicted octanol–water partition coefficient (Wildman–Crippen LogP) is 0.780. The Balaban J connectivity index is 1.74. The zero-order valence-corrected chi connectivity index (χ0v) is 11.9. The Kier molecular flexibility index (Phi) is 5.09. The van der Waals surface area contributed by atoms with E-state index in [1.54, 1.807) is 30.7 Å². The summed E-state index contributed by atoms with van der Waals surface area (Å²) in [4.78, 5) is 27.2. The highest BCUT2D eigenvalue weighted by atomic mass is 16.2. The number of pyridine rings is 2. The third-order valence-electron chi connectivity index (χ3n) is 3.00. The molecule has 21 heavy (non-hydrogen) atoms. The Hall–Kier alpha value is -2.63. The molecule has 2 heterocycles. The monoisotopic (exact) mass is 286 g/mol. The minimum absolute atomic E-state index is 0.0357. The third kappa shape index (κ3) is 4.45. The molecule has 0 fully saturated rings. The van der Waals surface area contributed by atoms with Crippen LogP contribution in [0.5, 0.6) is 0 Å². The van der Waals surface area contributed by atoms with Gasteiger partial charge in [0.1, 0.15) is 6.54 Å². The van der Waals surface area contributed by atoms with E-state index in [0.29, 0.717) is 13.1 Å². The molecular weight excluding hydrogens is 268 g/mol. The Morgan fingerprint density at radius 2 is 2.14 bits per heavy atom. The van der Waals surface area contributed by atoms with E-state index in [0.717, 1.165) is 11.3 Å². The molecule has 1 amide bonds. The second kappa shape index (κ2) is 7.23. The molecule has 0 atom stereocenters. The van der Waals surface area contributed by atoms with Crippen molar-refractivity contribution in [3.8, 4) is 0 Å². The van der Waals surface area contributed by atoms with Crippen LogP contribution in [-0.2, 0) is 11.3 Å². The summed E-state index contributed by atoms with van der Waals surface area (Å²) in [6, 6.07) is 6.70. The standard InChI is InChI=1S/C15H18N4O2/c1-12-10-16-6-5-13(12)17-7-8-18-14(20)11-19-9-3-2-4-15(19)21/h2-6,9-10H,7-8,11H2,1H3,(H,16,17)(H,18,20). The Morgan fingerprint density at radius 1 is 1.29 bits per heavy atom. The number of hydrogen-bond acceptors (Lipinski definition) is 4. The number of carbonyl (C=O) groups is 1. The summed E-state index contributed by atoms with van der Waals surface area (Å²) < 4.78 is 1.37. The zero-order valence-electron chi connectivity index (χ0n) is 11.9. The van der Waals surface area contributed by atoms with Crippen LogP contribution in [0.1, 0.15) is 5.56 Å². The zero-order chi connectivity index (χ0) is 15.1. The molecule has 0 bridgehead atoms. The minimum atomic E-state index is -0.184. The maximum Gasteiger partial charge on any atom is 0.250 e. The summed E-state index contributed by atoms with van der Waals surface area (Å²) in [7, 11) is 0. The maximum absolute atomic E-state index is 11.7. The molecule has 2 aromatic heterocycles. The normalized spacial score (nSPS) is 10.1. The molecule has 0 aliphatic rings. The summed E-state index contributed by atoms with van der Waals surface area (Å²) in [5.41, 5.74) is 1.87. The summed E-state index contributed by atoms with van der Waals surface area (Å²) >= 11 is 0. The van der Waals surface area contributed by atoms with Crippen LogP contribution >= 0.6 is 0 Å². The van der Waals surface area contributed by atoms with Crippen LogP contribution < -0.4 is 16.2 Å². The first-order valence-electron chi connectivity index (χ1n) is 6.73. The molecule has 0 unspecified atom stereocenters. The van der Waals surface area contributed by atoms with Gasteiger partial charge in [-0.3, -0.25) is 14.6 Å². The van der Waals surface area contributed by atoms with E-state index in [1.807, 2.05) is 13.0 Å². The highest BCUT2D eigenvalue weighted by Crippen LogP contribution is 2.10. The van der Waals surface area contributed by atoms with Crippen molar-refractivity contribution >= 4 is 11.6 Å². The maximum atomic E-state index is 11.7. The summed E-state index contributed by atoms with van der Waals surface area (Å²) in [5.74, 6) is -0.184. The van der Waals surface area contributed by atoms with Crippen LogP contribution in [0.25, 0.3) is 0 Å². The summed E-state index contributed by atoms with van der Waals surface area (Å²) in [6.07, 6.45) is 5.10. The molecule has 0 aliphatic carbocycles. The Labute approximate surface area is 122 Å². The van der Waals surface area contributed by atoms with Gasteiger partial charge in [0.15, 0.2) is 0 Å². The van der Waals surface area contributed by atoms with Gasteiger partial charge in [0.2, 0.25) is 5.91 Å². The number of anilines is 1. The lowest BCUT2D eigenvalue weighted by molar-refractivity contribution is -0.121. The van der Waals surface area contributed by atoms with Crippen molar-refractivity contribution in [1.29, 1.82) is 0 Å². The highest BCUT2D eigenvalue weighted by Gasteiger charge is 2.03. The summed E-state index contributed by atoms with van der Waals surface area (Å²) in [6.45, 7) is 3.10. The SMILES string of the molecule is Cc1cnccc1NCCNC(=O)Cn1ccccc1=O. The number of amides is 1. The molecule has 0 spiro atoms. The molecule has 0 saturated carbocycles. The van der Waals surface area contributed by atoms with Gasteiger partial charge in [-0.25, -0.2) is 0 Å². The average molecular weight is 286 g/mol. The van der Waals surface area contributed by atoms with Crippen molar-refractivity contribution in [3.63, 3.8) is 0 Å². The van der Waals surface area contributed by atoms with Crippen molar-refractivity contribution in [2.45, 2.75) is 13.5 Å². The van der Waals surface area contributed by atoms with Gasteiger partial charge >= 0.3 is 0 Å². The van der Waals surface area contributed by atoms with E-state index in [1.165, 1.54) is 10.6 Å². The first-order valence-corrected chi connectivity index (χ1v) is 6.73. The molecule has 2 rings (SSSR count). The van der Waals surface area contributed by atoms with Crippen molar-refractivity contribution in [3.05, 3.63) is 58.8 Å². The number of carbonyl (C=O) groups excluding carboxylic acids is 1. The fraction of sp³-hybridized carbons (Fsp3) is 0.267. The van der Waals surface area contributed by atoms with Gasteiger partial charge in [0, 0.05) is 43.4 Å². The van der Waals surface area contributed by atoms with Gasteiger partial charge in [-0.2, -0.15) is 0 Å². The van der Waals surface area contributed by atoms with E-state index in [4.69, 9.17) is 0 Å². The average Bonchev–Trinajstić information content (AvgIpc) is 2.48. The molecule has 0 aromatic carbocycles. The molecule has 0 radical (unpaired) electrons.